The van der Waals surface area contributed by atoms with E-state index in [0.717, 1.165) is 30.3 Å². The summed E-state index contributed by atoms with van der Waals surface area (Å²) in [6.07, 6.45) is 4.78. The molecular weight excluding hydrogens is 350 g/mol. The summed E-state index contributed by atoms with van der Waals surface area (Å²) in [4.78, 5) is 2.63. The molecule has 4 nitrogen and oxygen atoms in total. The highest BCUT2D eigenvalue weighted by Crippen LogP contribution is 2.37. The zero-order chi connectivity index (χ0) is 19.3. The van der Waals surface area contributed by atoms with Crippen molar-refractivity contribution in [3.05, 3.63) is 53.6 Å². The zero-order valence-electron chi connectivity index (χ0n) is 17.0. The molecule has 1 atom stereocenters. The molecule has 150 valence electrons. The second kappa shape index (κ2) is 8.87. The highest BCUT2D eigenvalue weighted by molar-refractivity contribution is 5.44. The number of para-hydroxylation sites is 1. The highest BCUT2D eigenvalue weighted by atomic mass is 16.5. The predicted octanol–water partition coefficient (Wildman–Crippen LogP) is 4.84. The predicted molar refractivity (Wildman–Crippen MR) is 112 cm³/mol. The van der Waals surface area contributed by atoms with Crippen molar-refractivity contribution in [2.45, 2.75) is 37.5 Å². The number of ether oxygens (including phenoxy) is 3. The van der Waals surface area contributed by atoms with Crippen LogP contribution >= 0.6 is 0 Å². The van der Waals surface area contributed by atoms with Crippen LogP contribution in [-0.4, -0.2) is 45.4 Å². The lowest BCUT2D eigenvalue weighted by atomic mass is 9.87. The average Bonchev–Trinajstić information content (AvgIpc) is 2.77. The van der Waals surface area contributed by atoms with E-state index in [2.05, 4.69) is 41.3 Å². The molecule has 0 saturated carbocycles. The highest BCUT2D eigenvalue weighted by Gasteiger charge is 2.25. The summed E-state index contributed by atoms with van der Waals surface area (Å²) >= 11 is 0. The summed E-state index contributed by atoms with van der Waals surface area (Å²) in [6, 6.07) is 14.9. The van der Waals surface area contributed by atoms with E-state index < -0.39 is 0 Å². The summed E-state index contributed by atoms with van der Waals surface area (Å²) in [5.41, 5.74) is 2.77. The second-order valence-electron chi connectivity index (χ2n) is 7.89. The van der Waals surface area contributed by atoms with Gasteiger partial charge in [-0.3, -0.25) is 0 Å². The van der Waals surface area contributed by atoms with Gasteiger partial charge in [-0.05, 0) is 86.5 Å². The molecule has 0 N–H and O–H groups in total. The Hall–Kier alpha value is -2.20. The molecular formula is C24H31NO3. The maximum Gasteiger partial charge on any atom is 0.160 e. The van der Waals surface area contributed by atoms with E-state index >= 15 is 0 Å². The number of hydrogen-bond acceptors (Lipinski definition) is 4. The molecule has 4 heteroatoms. The van der Waals surface area contributed by atoms with Crippen LogP contribution in [-0.2, 0) is 0 Å². The van der Waals surface area contributed by atoms with E-state index in [1.165, 1.54) is 50.0 Å². The van der Waals surface area contributed by atoms with Crippen LogP contribution in [0.2, 0.25) is 0 Å². The Kier molecular flexibility index (Phi) is 6.06. The first-order chi connectivity index (χ1) is 13.8. The Morgan fingerprint density at radius 1 is 0.964 bits per heavy atom. The second-order valence-corrected chi connectivity index (χ2v) is 7.89. The van der Waals surface area contributed by atoms with Crippen LogP contribution in [0.25, 0.3) is 0 Å². The average molecular weight is 382 g/mol. The SMILES string of the molecule is COc1ccc(C2CCN(CC[C@@H]3CCOc4ccccc43)CC2)cc1OC. The summed E-state index contributed by atoms with van der Waals surface area (Å²) in [7, 11) is 3.39. The molecule has 1 fully saturated rings. The third kappa shape index (κ3) is 4.12. The van der Waals surface area contributed by atoms with Crippen LogP contribution in [0.3, 0.4) is 0 Å². The lowest BCUT2D eigenvalue weighted by Gasteiger charge is -2.34. The van der Waals surface area contributed by atoms with E-state index in [4.69, 9.17) is 14.2 Å². The number of methoxy groups -OCH3 is 2. The monoisotopic (exact) mass is 381 g/mol. The largest absolute Gasteiger partial charge is 0.493 e. The maximum atomic E-state index is 5.81. The van der Waals surface area contributed by atoms with Gasteiger partial charge in [-0.2, -0.15) is 0 Å². The molecule has 0 aromatic heterocycles. The summed E-state index contributed by atoms with van der Waals surface area (Å²) in [6.45, 7) is 4.37. The molecule has 1 saturated heterocycles. The number of hydrogen-bond donors (Lipinski definition) is 0. The molecule has 4 rings (SSSR count). The van der Waals surface area contributed by atoms with Crippen LogP contribution in [0.4, 0.5) is 0 Å². The van der Waals surface area contributed by atoms with Crippen molar-refractivity contribution in [2.75, 3.05) is 40.5 Å². The number of piperidine rings is 1. The Labute approximate surface area is 168 Å². The molecule has 28 heavy (non-hydrogen) atoms. The first-order valence-electron chi connectivity index (χ1n) is 10.4. The van der Waals surface area contributed by atoms with Crippen LogP contribution in [0.1, 0.15) is 48.6 Å². The van der Waals surface area contributed by atoms with Gasteiger partial charge in [-0.25, -0.2) is 0 Å². The quantitative estimate of drug-likeness (QED) is 0.716. The number of fused-ring (bicyclic) bond motifs is 1. The molecule has 2 aromatic rings. The molecule has 2 aliphatic heterocycles. The van der Waals surface area contributed by atoms with E-state index in [-0.39, 0.29) is 0 Å². The van der Waals surface area contributed by atoms with Crippen molar-refractivity contribution in [1.29, 1.82) is 0 Å². The zero-order valence-corrected chi connectivity index (χ0v) is 17.0. The molecule has 0 amide bonds. The van der Waals surface area contributed by atoms with Crippen molar-refractivity contribution in [3.63, 3.8) is 0 Å². The van der Waals surface area contributed by atoms with Gasteiger partial charge in [-0.15, -0.1) is 0 Å². The summed E-state index contributed by atoms with van der Waals surface area (Å²) in [5.74, 6) is 3.97. The Bertz CT molecular complexity index is 783. The van der Waals surface area contributed by atoms with E-state index in [1.54, 1.807) is 14.2 Å². The number of benzene rings is 2. The lowest BCUT2D eigenvalue weighted by Crippen LogP contribution is -2.34. The minimum Gasteiger partial charge on any atom is -0.493 e. The van der Waals surface area contributed by atoms with Gasteiger partial charge in [0, 0.05) is 0 Å². The van der Waals surface area contributed by atoms with Crippen molar-refractivity contribution in [1.82, 2.24) is 4.90 Å². The number of nitrogens with zero attached hydrogens (tertiary/aromatic N) is 1. The van der Waals surface area contributed by atoms with Crippen molar-refractivity contribution < 1.29 is 14.2 Å². The number of likely N-dealkylation sites (tertiary alicyclic amines) is 1. The van der Waals surface area contributed by atoms with Gasteiger partial charge in [0.25, 0.3) is 0 Å². The minimum absolute atomic E-state index is 0.611. The van der Waals surface area contributed by atoms with Crippen LogP contribution in [0.15, 0.2) is 42.5 Å². The van der Waals surface area contributed by atoms with E-state index in [1.807, 2.05) is 6.07 Å². The van der Waals surface area contributed by atoms with Gasteiger partial charge in [0.2, 0.25) is 0 Å². The normalized spacial score (nSPS) is 20.3. The van der Waals surface area contributed by atoms with Crippen LogP contribution in [0, 0.1) is 0 Å². The van der Waals surface area contributed by atoms with Gasteiger partial charge >= 0.3 is 0 Å². The van der Waals surface area contributed by atoms with E-state index in [0.29, 0.717) is 11.8 Å². The summed E-state index contributed by atoms with van der Waals surface area (Å²) in [5, 5.41) is 0. The molecule has 2 heterocycles. The van der Waals surface area contributed by atoms with Gasteiger partial charge in [0.1, 0.15) is 5.75 Å². The van der Waals surface area contributed by atoms with Crippen molar-refractivity contribution in [3.8, 4) is 17.2 Å². The fourth-order valence-electron chi connectivity index (χ4n) is 4.65. The Morgan fingerprint density at radius 2 is 1.75 bits per heavy atom. The van der Waals surface area contributed by atoms with Gasteiger partial charge < -0.3 is 19.1 Å². The Balaban J connectivity index is 1.31. The molecule has 2 aliphatic rings. The first kappa shape index (κ1) is 19.1. The molecule has 0 aliphatic carbocycles. The lowest BCUT2D eigenvalue weighted by molar-refractivity contribution is 0.194. The van der Waals surface area contributed by atoms with Crippen molar-refractivity contribution in [2.24, 2.45) is 0 Å². The smallest absolute Gasteiger partial charge is 0.160 e. The van der Waals surface area contributed by atoms with Crippen molar-refractivity contribution >= 4 is 0 Å². The number of rotatable bonds is 6. The Morgan fingerprint density at radius 3 is 2.54 bits per heavy atom. The topological polar surface area (TPSA) is 30.9 Å². The third-order valence-corrected chi connectivity index (χ3v) is 6.34. The third-order valence-electron chi connectivity index (χ3n) is 6.34. The van der Waals surface area contributed by atoms with Gasteiger partial charge in [0.15, 0.2) is 11.5 Å². The molecule has 0 unspecified atom stereocenters. The van der Waals surface area contributed by atoms with Gasteiger partial charge in [-0.1, -0.05) is 24.3 Å². The van der Waals surface area contributed by atoms with Crippen LogP contribution in [0.5, 0.6) is 17.2 Å². The minimum atomic E-state index is 0.611. The van der Waals surface area contributed by atoms with Gasteiger partial charge in [0.05, 0.1) is 20.8 Å². The molecule has 0 bridgehead atoms. The van der Waals surface area contributed by atoms with Crippen LogP contribution < -0.4 is 14.2 Å². The molecule has 2 aromatic carbocycles. The maximum absolute atomic E-state index is 5.81. The first-order valence-corrected chi connectivity index (χ1v) is 10.4. The molecule has 0 spiro atoms. The molecule has 0 radical (unpaired) electrons. The van der Waals surface area contributed by atoms with E-state index in [9.17, 15) is 0 Å². The fourth-order valence-corrected chi connectivity index (χ4v) is 4.65. The fraction of sp³-hybridized carbons (Fsp3) is 0.500. The standard InChI is InChI=1S/C24H31NO3/c1-26-23-8-7-20(17-24(23)27-2)18-9-13-25(14-10-18)15-11-19-12-16-28-22-6-4-3-5-21(19)22/h3-8,17-19H,9-16H2,1-2H3/t19-/m1/s1. The summed E-state index contributed by atoms with van der Waals surface area (Å²) < 4.78 is 16.7.